The number of H-pyrrole nitrogens is 1. The molecule has 164 valence electrons. The van der Waals surface area contributed by atoms with E-state index in [-0.39, 0.29) is 23.1 Å². The number of thioether (sulfide) groups is 1. The molecule has 0 aliphatic heterocycles. The van der Waals surface area contributed by atoms with Crippen LogP contribution in [0.3, 0.4) is 0 Å². The number of nitrogens with one attached hydrogen (secondary N) is 3. The van der Waals surface area contributed by atoms with Gasteiger partial charge in [0.05, 0.1) is 17.4 Å². The Labute approximate surface area is 187 Å². The van der Waals surface area contributed by atoms with Crippen LogP contribution in [0.25, 0.3) is 10.2 Å². The molecule has 0 bridgehead atoms. The number of carbonyl (C=O) groups excluding carboxylic acids is 2. The summed E-state index contributed by atoms with van der Waals surface area (Å²) in [7, 11) is 0. The lowest BCUT2D eigenvalue weighted by Crippen LogP contribution is -2.34. The fraction of sp³-hybridized carbons (Fsp3) is 0.429. The van der Waals surface area contributed by atoms with Gasteiger partial charge in [-0.25, -0.2) is 4.98 Å². The summed E-state index contributed by atoms with van der Waals surface area (Å²) in [4.78, 5) is 45.9. The molecule has 4 rings (SSSR count). The van der Waals surface area contributed by atoms with Crippen molar-refractivity contribution in [3.63, 3.8) is 0 Å². The molecule has 2 amide bonds. The fourth-order valence-electron chi connectivity index (χ4n) is 3.57. The highest BCUT2D eigenvalue weighted by atomic mass is 32.2. The fourth-order valence-corrected chi connectivity index (χ4v) is 5.66. The number of thiophene rings is 1. The second-order valence-corrected chi connectivity index (χ2v) is 9.48. The molecule has 0 spiro atoms. The van der Waals surface area contributed by atoms with Gasteiger partial charge in [0.2, 0.25) is 5.91 Å². The van der Waals surface area contributed by atoms with Gasteiger partial charge < -0.3 is 20.0 Å². The number of aromatic nitrogens is 2. The van der Waals surface area contributed by atoms with E-state index in [9.17, 15) is 14.4 Å². The summed E-state index contributed by atoms with van der Waals surface area (Å²) >= 11 is 3.20. The first-order chi connectivity index (χ1) is 15.1. The third kappa shape index (κ3) is 5.37. The van der Waals surface area contributed by atoms with Crippen LogP contribution in [0.4, 0.5) is 0 Å². The van der Waals surface area contributed by atoms with E-state index in [4.69, 9.17) is 4.42 Å². The van der Waals surface area contributed by atoms with Gasteiger partial charge in [0, 0.05) is 30.1 Å². The summed E-state index contributed by atoms with van der Waals surface area (Å²) < 4.78 is 5.00. The largest absolute Gasteiger partial charge is 0.459 e. The Morgan fingerprint density at radius 1 is 1.23 bits per heavy atom. The van der Waals surface area contributed by atoms with Gasteiger partial charge in [0.15, 0.2) is 5.76 Å². The lowest BCUT2D eigenvalue weighted by atomic mass is 9.97. The van der Waals surface area contributed by atoms with Crippen molar-refractivity contribution >= 4 is 45.1 Å². The zero-order valence-corrected chi connectivity index (χ0v) is 18.6. The maximum atomic E-state index is 12.5. The summed E-state index contributed by atoms with van der Waals surface area (Å²) in [6.45, 7) is 0.679. The van der Waals surface area contributed by atoms with E-state index in [1.807, 2.05) is 0 Å². The molecule has 3 heterocycles. The number of nitrogens with zero attached hydrogens (tertiary/aromatic N) is 1. The Morgan fingerprint density at radius 2 is 2.06 bits per heavy atom. The van der Waals surface area contributed by atoms with Gasteiger partial charge in [0.1, 0.15) is 10.7 Å². The number of amides is 2. The number of hydrogen-bond donors (Lipinski definition) is 3. The molecule has 0 radical (unpaired) electrons. The van der Waals surface area contributed by atoms with Gasteiger partial charge in [-0.2, -0.15) is 11.8 Å². The lowest BCUT2D eigenvalue weighted by Gasteiger charge is -2.09. The number of fused-ring (bicyclic) bond motifs is 3. The first-order valence-electron chi connectivity index (χ1n) is 10.3. The van der Waals surface area contributed by atoms with E-state index in [1.54, 1.807) is 35.2 Å². The minimum Gasteiger partial charge on any atom is -0.459 e. The molecule has 3 N–H and O–H groups in total. The van der Waals surface area contributed by atoms with Crippen molar-refractivity contribution in [2.45, 2.75) is 37.9 Å². The Kier molecular flexibility index (Phi) is 7.08. The smallest absolute Gasteiger partial charge is 0.287 e. The zero-order valence-electron chi connectivity index (χ0n) is 17.0. The average molecular weight is 461 g/mol. The summed E-state index contributed by atoms with van der Waals surface area (Å²) in [5, 5.41) is 6.22. The van der Waals surface area contributed by atoms with Gasteiger partial charge >= 0.3 is 0 Å². The van der Waals surface area contributed by atoms with Crippen molar-refractivity contribution in [3.05, 3.63) is 50.8 Å². The second-order valence-electron chi connectivity index (χ2n) is 7.29. The standard InChI is InChI=1S/C21H24N4O4S2/c26-17(22-8-9-23-19(27)14-5-3-10-29-14)7-11-30-12-16-24-20(28)18-13-4-1-2-6-15(13)31-21(18)25-16/h3,5,10H,1-2,4,6-9,11-12H2,(H,22,26)(H,23,27)(H,24,25,28). The van der Waals surface area contributed by atoms with Crippen LogP contribution in [-0.2, 0) is 23.4 Å². The van der Waals surface area contributed by atoms with Gasteiger partial charge in [-0.1, -0.05) is 0 Å². The summed E-state index contributed by atoms with van der Waals surface area (Å²) in [6.07, 6.45) is 6.12. The van der Waals surface area contributed by atoms with Crippen LogP contribution < -0.4 is 16.2 Å². The number of furan rings is 1. The normalized spacial score (nSPS) is 13.2. The molecule has 1 aliphatic carbocycles. The lowest BCUT2D eigenvalue weighted by molar-refractivity contribution is -0.120. The highest BCUT2D eigenvalue weighted by Gasteiger charge is 2.19. The van der Waals surface area contributed by atoms with Crippen LogP contribution in [0, 0.1) is 0 Å². The second kappa shape index (κ2) is 10.1. The van der Waals surface area contributed by atoms with Crippen molar-refractivity contribution in [2.24, 2.45) is 0 Å². The molecule has 31 heavy (non-hydrogen) atoms. The number of hydrogen-bond acceptors (Lipinski definition) is 7. The van der Waals surface area contributed by atoms with Gasteiger partial charge in [-0.15, -0.1) is 11.3 Å². The van der Waals surface area contributed by atoms with Gasteiger partial charge in [0.25, 0.3) is 11.5 Å². The first kappa shape index (κ1) is 21.6. The van der Waals surface area contributed by atoms with E-state index in [0.717, 1.165) is 29.5 Å². The van der Waals surface area contributed by atoms with Crippen molar-refractivity contribution in [2.75, 3.05) is 18.8 Å². The van der Waals surface area contributed by atoms with E-state index >= 15 is 0 Å². The van der Waals surface area contributed by atoms with Crippen LogP contribution in [0.5, 0.6) is 0 Å². The summed E-state index contributed by atoms with van der Waals surface area (Å²) in [5.41, 5.74) is 1.14. The highest BCUT2D eigenvalue weighted by Crippen LogP contribution is 2.33. The number of aryl methyl sites for hydroxylation is 2. The summed E-state index contributed by atoms with van der Waals surface area (Å²) in [6, 6.07) is 3.23. The third-order valence-corrected chi connectivity index (χ3v) is 7.22. The molecule has 3 aromatic heterocycles. The monoisotopic (exact) mass is 460 g/mol. The minimum absolute atomic E-state index is 0.0469. The predicted molar refractivity (Wildman–Crippen MR) is 122 cm³/mol. The number of rotatable bonds is 9. The predicted octanol–water partition coefficient (Wildman–Crippen LogP) is 2.63. The van der Waals surface area contributed by atoms with Crippen LogP contribution in [0.15, 0.2) is 27.6 Å². The molecule has 0 aromatic carbocycles. The molecule has 0 saturated heterocycles. The highest BCUT2D eigenvalue weighted by molar-refractivity contribution is 7.98. The van der Waals surface area contributed by atoms with E-state index in [1.165, 1.54) is 23.1 Å². The Bertz CT molecular complexity index is 1120. The van der Waals surface area contributed by atoms with Crippen molar-refractivity contribution in [3.8, 4) is 0 Å². The van der Waals surface area contributed by atoms with Crippen LogP contribution >= 0.6 is 23.1 Å². The summed E-state index contributed by atoms with van der Waals surface area (Å²) in [5.74, 6) is 1.69. The SMILES string of the molecule is O=C(CCSCc1nc2sc3c(c2c(=O)[nH]1)CCCC3)NCCNC(=O)c1ccco1. The van der Waals surface area contributed by atoms with Gasteiger partial charge in [-0.05, 0) is 43.4 Å². The van der Waals surface area contributed by atoms with E-state index < -0.39 is 0 Å². The number of aromatic amines is 1. The molecule has 0 saturated carbocycles. The molecular formula is C21H24N4O4S2. The zero-order chi connectivity index (χ0) is 21.6. The molecule has 3 aromatic rings. The van der Waals surface area contributed by atoms with Crippen LogP contribution in [0.2, 0.25) is 0 Å². The molecule has 0 unspecified atom stereocenters. The topological polar surface area (TPSA) is 117 Å². The quantitative estimate of drug-likeness (QED) is 0.423. The Morgan fingerprint density at radius 3 is 2.90 bits per heavy atom. The third-order valence-electron chi connectivity index (χ3n) is 5.06. The van der Waals surface area contributed by atoms with Crippen molar-refractivity contribution < 1.29 is 14.0 Å². The van der Waals surface area contributed by atoms with E-state index in [0.29, 0.717) is 36.8 Å². The van der Waals surface area contributed by atoms with Gasteiger partial charge in [-0.3, -0.25) is 14.4 Å². The van der Waals surface area contributed by atoms with Crippen LogP contribution in [0.1, 0.15) is 46.1 Å². The maximum absolute atomic E-state index is 12.5. The Balaban J connectivity index is 1.17. The average Bonchev–Trinajstić information content (AvgIpc) is 3.42. The number of carbonyl (C=O) groups is 2. The molecule has 10 heteroatoms. The van der Waals surface area contributed by atoms with Crippen molar-refractivity contribution in [1.82, 2.24) is 20.6 Å². The van der Waals surface area contributed by atoms with Crippen LogP contribution in [-0.4, -0.2) is 40.6 Å². The molecular weight excluding hydrogens is 436 g/mol. The minimum atomic E-state index is -0.306. The van der Waals surface area contributed by atoms with E-state index in [2.05, 4.69) is 20.6 Å². The Hall–Kier alpha value is -2.59. The maximum Gasteiger partial charge on any atom is 0.287 e. The molecule has 0 atom stereocenters. The van der Waals surface area contributed by atoms with Crippen molar-refractivity contribution in [1.29, 1.82) is 0 Å². The molecule has 1 aliphatic rings. The molecule has 0 fully saturated rings. The molecule has 8 nitrogen and oxygen atoms in total. The first-order valence-corrected chi connectivity index (χ1v) is 12.3.